The standard InChI is InChI=1S/C13H19ClN2/c1-15-13(10-5-7-16-8-6-10)11-3-2-4-12(14)9-11/h2-4,9-10,13,15-16H,5-8H2,1H3. The van der Waals surface area contributed by atoms with Crippen molar-refractivity contribution in [2.45, 2.75) is 18.9 Å². The molecule has 1 heterocycles. The molecular weight excluding hydrogens is 220 g/mol. The Morgan fingerprint density at radius 3 is 2.75 bits per heavy atom. The molecule has 1 unspecified atom stereocenters. The Hall–Kier alpha value is -0.570. The first-order chi connectivity index (χ1) is 7.81. The first-order valence-electron chi connectivity index (χ1n) is 5.94. The Morgan fingerprint density at radius 1 is 1.38 bits per heavy atom. The predicted molar refractivity (Wildman–Crippen MR) is 68.8 cm³/mol. The van der Waals surface area contributed by atoms with Gasteiger partial charge in [-0.15, -0.1) is 0 Å². The van der Waals surface area contributed by atoms with E-state index in [1.165, 1.54) is 18.4 Å². The number of halogens is 1. The maximum absolute atomic E-state index is 6.04. The van der Waals surface area contributed by atoms with Gasteiger partial charge < -0.3 is 10.6 Å². The van der Waals surface area contributed by atoms with Gasteiger partial charge in [-0.3, -0.25) is 0 Å². The molecule has 2 rings (SSSR count). The average Bonchev–Trinajstić information content (AvgIpc) is 2.31. The highest BCUT2D eigenvalue weighted by atomic mass is 35.5. The lowest BCUT2D eigenvalue weighted by Gasteiger charge is -2.31. The third-order valence-corrected chi connectivity index (χ3v) is 3.61. The maximum Gasteiger partial charge on any atom is 0.0409 e. The molecule has 0 aromatic heterocycles. The van der Waals surface area contributed by atoms with Crippen molar-refractivity contribution in [3.63, 3.8) is 0 Å². The van der Waals surface area contributed by atoms with Crippen LogP contribution in [0.5, 0.6) is 0 Å². The van der Waals surface area contributed by atoms with E-state index >= 15 is 0 Å². The number of hydrogen-bond acceptors (Lipinski definition) is 2. The lowest BCUT2D eigenvalue weighted by atomic mass is 9.86. The van der Waals surface area contributed by atoms with E-state index in [2.05, 4.69) is 22.8 Å². The van der Waals surface area contributed by atoms with Gasteiger partial charge in [0.25, 0.3) is 0 Å². The van der Waals surface area contributed by atoms with E-state index < -0.39 is 0 Å². The van der Waals surface area contributed by atoms with E-state index in [9.17, 15) is 0 Å². The van der Waals surface area contributed by atoms with Crippen LogP contribution in [0.3, 0.4) is 0 Å². The Morgan fingerprint density at radius 2 is 2.12 bits per heavy atom. The molecule has 1 fully saturated rings. The molecule has 3 heteroatoms. The Labute approximate surface area is 102 Å². The summed E-state index contributed by atoms with van der Waals surface area (Å²) in [4.78, 5) is 0. The maximum atomic E-state index is 6.04. The summed E-state index contributed by atoms with van der Waals surface area (Å²) >= 11 is 6.04. The molecule has 1 aliphatic rings. The topological polar surface area (TPSA) is 24.1 Å². The highest BCUT2D eigenvalue weighted by Gasteiger charge is 2.23. The molecule has 1 aromatic rings. The molecule has 0 bridgehead atoms. The normalized spacial score (nSPS) is 19.6. The van der Waals surface area contributed by atoms with Gasteiger partial charge in [-0.05, 0) is 56.6 Å². The van der Waals surface area contributed by atoms with Crippen LogP contribution in [0.1, 0.15) is 24.4 Å². The Bertz CT molecular complexity index is 334. The van der Waals surface area contributed by atoms with E-state index in [1.54, 1.807) is 0 Å². The Kier molecular flexibility index (Phi) is 4.22. The van der Waals surface area contributed by atoms with Crippen molar-refractivity contribution < 1.29 is 0 Å². The van der Waals surface area contributed by atoms with Crippen LogP contribution in [0.4, 0.5) is 0 Å². The molecule has 0 radical (unpaired) electrons. The first-order valence-corrected chi connectivity index (χ1v) is 6.32. The molecule has 0 spiro atoms. The number of piperidine rings is 1. The van der Waals surface area contributed by atoms with Gasteiger partial charge in [0.2, 0.25) is 0 Å². The van der Waals surface area contributed by atoms with Crippen LogP contribution in [0.2, 0.25) is 5.02 Å². The van der Waals surface area contributed by atoms with Gasteiger partial charge in [-0.2, -0.15) is 0 Å². The van der Waals surface area contributed by atoms with Crippen LogP contribution in [-0.2, 0) is 0 Å². The van der Waals surface area contributed by atoms with E-state index in [-0.39, 0.29) is 0 Å². The summed E-state index contributed by atoms with van der Waals surface area (Å²) in [6.07, 6.45) is 2.47. The van der Waals surface area contributed by atoms with Crippen LogP contribution >= 0.6 is 11.6 Å². The van der Waals surface area contributed by atoms with Crippen LogP contribution in [0.25, 0.3) is 0 Å². The highest BCUT2D eigenvalue weighted by molar-refractivity contribution is 6.30. The van der Waals surface area contributed by atoms with Gasteiger partial charge in [0, 0.05) is 11.1 Å². The van der Waals surface area contributed by atoms with Crippen molar-refractivity contribution in [2.24, 2.45) is 5.92 Å². The quantitative estimate of drug-likeness (QED) is 0.846. The second kappa shape index (κ2) is 5.67. The fraction of sp³-hybridized carbons (Fsp3) is 0.538. The fourth-order valence-electron chi connectivity index (χ4n) is 2.55. The van der Waals surface area contributed by atoms with Crippen LogP contribution in [0.15, 0.2) is 24.3 Å². The zero-order valence-corrected chi connectivity index (χ0v) is 10.4. The zero-order chi connectivity index (χ0) is 11.4. The van der Waals surface area contributed by atoms with Crippen molar-refractivity contribution >= 4 is 11.6 Å². The molecule has 1 saturated heterocycles. The third kappa shape index (κ3) is 2.76. The molecule has 16 heavy (non-hydrogen) atoms. The number of rotatable bonds is 3. The van der Waals surface area contributed by atoms with E-state index in [0.717, 1.165) is 18.1 Å². The molecule has 1 atom stereocenters. The second-order valence-electron chi connectivity index (χ2n) is 4.41. The molecule has 1 aliphatic heterocycles. The van der Waals surface area contributed by atoms with Crippen molar-refractivity contribution in [2.75, 3.05) is 20.1 Å². The average molecular weight is 239 g/mol. The van der Waals surface area contributed by atoms with E-state index in [4.69, 9.17) is 11.6 Å². The van der Waals surface area contributed by atoms with Crippen molar-refractivity contribution in [3.05, 3.63) is 34.9 Å². The molecular formula is C13H19ClN2. The molecule has 2 N–H and O–H groups in total. The van der Waals surface area contributed by atoms with Crippen LogP contribution in [0, 0.1) is 5.92 Å². The first kappa shape index (κ1) is 11.9. The van der Waals surface area contributed by atoms with Gasteiger partial charge >= 0.3 is 0 Å². The highest BCUT2D eigenvalue weighted by Crippen LogP contribution is 2.29. The SMILES string of the molecule is CNC(c1cccc(Cl)c1)C1CCNCC1. The van der Waals surface area contributed by atoms with Gasteiger partial charge in [0.15, 0.2) is 0 Å². The van der Waals surface area contributed by atoms with E-state index in [1.807, 2.05) is 19.2 Å². The van der Waals surface area contributed by atoms with Crippen molar-refractivity contribution in [1.82, 2.24) is 10.6 Å². The largest absolute Gasteiger partial charge is 0.317 e. The minimum atomic E-state index is 0.431. The summed E-state index contributed by atoms with van der Waals surface area (Å²) in [5.74, 6) is 0.713. The molecule has 0 saturated carbocycles. The van der Waals surface area contributed by atoms with Gasteiger partial charge in [0.05, 0.1) is 0 Å². The number of hydrogen-bond donors (Lipinski definition) is 2. The molecule has 88 valence electrons. The summed E-state index contributed by atoms with van der Waals surface area (Å²) < 4.78 is 0. The monoisotopic (exact) mass is 238 g/mol. The van der Waals surface area contributed by atoms with Crippen molar-refractivity contribution in [3.8, 4) is 0 Å². The van der Waals surface area contributed by atoms with Gasteiger partial charge in [-0.1, -0.05) is 23.7 Å². The summed E-state index contributed by atoms with van der Waals surface area (Å²) in [5.41, 5.74) is 1.31. The Balaban J connectivity index is 2.14. The molecule has 2 nitrogen and oxygen atoms in total. The molecule has 1 aromatic carbocycles. The lowest BCUT2D eigenvalue weighted by molar-refractivity contribution is 0.294. The third-order valence-electron chi connectivity index (χ3n) is 3.37. The summed E-state index contributed by atoms with van der Waals surface area (Å²) in [6, 6.07) is 8.63. The fourth-order valence-corrected chi connectivity index (χ4v) is 2.75. The summed E-state index contributed by atoms with van der Waals surface area (Å²) in [6.45, 7) is 2.26. The van der Waals surface area contributed by atoms with E-state index in [0.29, 0.717) is 12.0 Å². The minimum absolute atomic E-state index is 0.431. The summed E-state index contributed by atoms with van der Waals surface area (Å²) in [7, 11) is 2.04. The van der Waals surface area contributed by atoms with Crippen LogP contribution < -0.4 is 10.6 Å². The smallest absolute Gasteiger partial charge is 0.0409 e. The second-order valence-corrected chi connectivity index (χ2v) is 4.85. The lowest BCUT2D eigenvalue weighted by Crippen LogP contribution is -2.35. The van der Waals surface area contributed by atoms with Gasteiger partial charge in [0.1, 0.15) is 0 Å². The van der Waals surface area contributed by atoms with Crippen LogP contribution in [-0.4, -0.2) is 20.1 Å². The number of benzene rings is 1. The van der Waals surface area contributed by atoms with Gasteiger partial charge in [-0.25, -0.2) is 0 Å². The zero-order valence-electron chi connectivity index (χ0n) is 9.67. The molecule has 0 amide bonds. The van der Waals surface area contributed by atoms with Crippen molar-refractivity contribution in [1.29, 1.82) is 0 Å². The minimum Gasteiger partial charge on any atom is -0.317 e. The predicted octanol–water partition coefficient (Wildman–Crippen LogP) is 2.60. The molecule has 0 aliphatic carbocycles. The summed E-state index contributed by atoms with van der Waals surface area (Å²) in [5, 5.41) is 7.66. The number of nitrogens with one attached hydrogen (secondary N) is 2.